The van der Waals surface area contributed by atoms with Gasteiger partial charge >= 0.3 is 0 Å². The average molecular weight is 752 g/mol. The third kappa shape index (κ3) is 4.46. The molecule has 0 spiro atoms. The number of hydrogen-bond donors (Lipinski definition) is 0. The normalized spacial score (nSPS) is 12.1. The quantitative estimate of drug-likeness (QED) is 0.165. The highest BCUT2D eigenvalue weighted by Crippen LogP contribution is 2.42. The summed E-state index contributed by atoms with van der Waals surface area (Å²) in [4.78, 5) is 14.1. The van der Waals surface area contributed by atoms with Crippen molar-refractivity contribution in [2.75, 3.05) is 0 Å². The number of rotatable bonds is 4. The summed E-state index contributed by atoms with van der Waals surface area (Å²) in [6, 6.07) is 71.5. The van der Waals surface area contributed by atoms with E-state index in [2.05, 4.69) is 191 Å². The van der Waals surface area contributed by atoms with E-state index in [-0.39, 0.29) is 5.56 Å². The van der Waals surface area contributed by atoms with Gasteiger partial charge in [-0.25, -0.2) is 0 Å². The fraction of sp³-hybridized carbons (Fsp3) is 0. The minimum Gasteiger partial charge on any atom is -0.309 e. The van der Waals surface area contributed by atoms with E-state index >= 15 is 0 Å². The summed E-state index contributed by atoms with van der Waals surface area (Å²) in [5, 5.41) is 9.93. The number of pyridine rings is 1. The molecule has 4 nitrogen and oxygen atoms in total. The van der Waals surface area contributed by atoms with Crippen LogP contribution in [0.1, 0.15) is 0 Å². The Morgan fingerprint density at radius 3 is 1.53 bits per heavy atom. The minimum atomic E-state index is 0.0220. The molecule has 59 heavy (non-hydrogen) atoms. The first kappa shape index (κ1) is 32.2. The Morgan fingerprint density at radius 2 is 0.814 bits per heavy atom. The van der Waals surface area contributed by atoms with Crippen LogP contribution in [-0.2, 0) is 0 Å². The molecule has 0 amide bonds. The largest absolute Gasteiger partial charge is 0.309 e. The van der Waals surface area contributed by atoms with Crippen LogP contribution in [0.5, 0.6) is 0 Å². The molecule has 4 aromatic heterocycles. The van der Waals surface area contributed by atoms with Gasteiger partial charge in [0.05, 0.1) is 33.1 Å². The van der Waals surface area contributed by atoms with Crippen LogP contribution in [0.2, 0.25) is 0 Å². The highest BCUT2D eigenvalue weighted by Gasteiger charge is 2.21. The lowest BCUT2D eigenvalue weighted by molar-refractivity contribution is 1.18. The van der Waals surface area contributed by atoms with Gasteiger partial charge in [0.15, 0.2) is 0 Å². The highest BCUT2D eigenvalue weighted by atomic mass is 16.1. The maximum Gasteiger partial charge on any atom is 0.263 e. The zero-order valence-corrected chi connectivity index (χ0v) is 31.8. The van der Waals surface area contributed by atoms with Gasteiger partial charge in [0, 0.05) is 54.5 Å². The van der Waals surface area contributed by atoms with Gasteiger partial charge in [-0.05, 0) is 100 Å². The zero-order valence-electron chi connectivity index (χ0n) is 31.8. The molecule has 4 heterocycles. The summed E-state index contributed by atoms with van der Waals surface area (Å²) in [6.45, 7) is 0. The summed E-state index contributed by atoms with van der Waals surface area (Å²) in [6.07, 6.45) is 0. The van der Waals surface area contributed by atoms with Crippen molar-refractivity contribution in [2.24, 2.45) is 0 Å². The van der Waals surface area contributed by atoms with Crippen molar-refractivity contribution in [1.29, 1.82) is 0 Å². The summed E-state index contributed by atoms with van der Waals surface area (Å²) >= 11 is 0. The van der Waals surface area contributed by atoms with E-state index in [0.29, 0.717) is 0 Å². The van der Waals surface area contributed by atoms with Gasteiger partial charge in [-0.15, -0.1) is 0 Å². The van der Waals surface area contributed by atoms with Crippen LogP contribution >= 0.6 is 0 Å². The SMILES string of the molecule is O=c1c2ccccc2c2cccc3c4c(-c5cccc(-n6c7ccccc7c7cc(-c8ccc9c(c8)c8ccccc8n9-c8ccccc8)ccc76)c5)cccc4n1c23. The van der Waals surface area contributed by atoms with Crippen LogP contribution in [0.3, 0.4) is 0 Å². The van der Waals surface area contributed by atoms with Crippen molar-refractivity contribution in [3.8, 4) is 33.6 Å². The van der Waals surface area contributed by atoms with Gasteiger partial charge in [-0.2, -0.15) is 0 Å². The summed E-state index contributed by atoms with van der Waals surface area (Å²) in [5.41, 5.74) is 13.5. The monoisotopic (exact) mass is 751 g/mol. The standard InChI is InChI=1S/C55H33N3O/c59-55-44-20-5-4-17-40(44)43-22-11-23-45-53-39(21-12-26-52(53)58(55)54(43)45)36-13-10-16-38(31-36)57-49-25-9-7-19-42(49)47-33-35(28-30-51(47)57)34-27-29-50-46(32-34)41-18-6-8-24-48(41)56(50)37-14-2-1-3-15-37/h1-33H. The lowest BCUT2D eigenvalue weighted by Crippen LogP contribution is -2.12. The molecule has 0 saturated carbocycles. The lowest BCUT2D eigenvalue weighted by Gasteiger charge is -2.12. The van der Waals surface area contributed by atoms with E-state index in [4.69, 9.17) is 0 Å². The first-order valence-corrected chi connectivity index (χ1v) is 20.1. The van der Waals surface area contributed by atoms with Crippen LogP contribution in [0.15, 0.2) is 205 Å². The predicted molar refractivity (Wildman–Crippen MR) is 247 cm³/mol. The van der Waals surface area contributed by atoms with E-state index in [1.165, 1.54) is 43.7 Å². The molecule has 0 aliphatic carbocycles. The smallest absolute Gasteiger partial charge is 0.263 e. The van der Waals surface area contributed by atoms with Crippen molar-refractivity contribution in [3.63, 3.8) is 0 Å². The Balaban J connectivity index is 0.985. The van der Waals surface area contributed by atoms with Gasteiger partial charge in [0.1, 0.15) is 0 Å². The molecule has 0 bridgehead atoms. The number of benzene rings is 9. The third-order valence-electron chi connectivity index (χ3n) is 12.6. The van der Waals surface area contributed by atoms with E-state index in [9.17, 15) is 4.79 Å². The fourth-order valence-electron chi connectivity index (χ4n) is 10.1. The third-order valence-corrected chi connectivity index (χ3v) is 12.6. The van der Waals surface area contributed by atoms with E-state index in [1.54, 1.807) is 0 Å². The first-order chi connectivity index (χ1) is 29.2. The van der Waals surface area contributed by atoms with Gasteiger partial charge in [-0.1, -0.05) is 127 Å². The van der Waals surface area contributed by atoms with E-state index < -0.39 is 0 Å². The Kier molecular flexibility index (Phi) is 6.56. The summed E-state index contributed by atoms with van der Waals surface area (Å²) in [5.74, 6) is 0. The van der Waals surface area contributed by atoms with Gasteiger partial charge < -0.3 is 9.13 Å². The van der Waals surface area contributed by atoms with Crippen LogP contribution in [0.4, 0.5) is 0 Å². The molecular formula is C55H33N3O. The Hall–Kier alpha value is -7.95. The maximum absolute atomic E-state index is 14.1. The van der Waals surface area contributed by atoms with E-state index in [1.807, 2.05) is 22.6 Å². The first-order valence-electron chi connectivity index (χ1n) is 20.1. The number of nitrogens with zero attached hydrogens (tertiary/aromatic N) is 3. The van der Waals surface area contributed by atoms with Crippen molar-refractivity contribution in [1.82, 2.24) is 13.5 Å². The number of fused-ring (bicyclic) bond motifs is 11. The van der Waals surface area contributed by atoms with Gasteiger partial charge in [-0.3, -0.25) is 9.20 Å². The summed E-state index contributed by atoms with van der Waals surface area (Å²) in [7, 11) is 0. The van der Waals surface area contributed by atoms with Crippen LogP contribution in [0, 0.1) is 0 Å². The highest BCUT2D eigenvalue weighted by molar-refractivity contribution is 6.23. The Labute approximate surface area is 338 Å². The average Bonchev–Trinajstić information content (AvgIpc) is 3.94. The number of para-hydroxylation sites is 4. The number of hydrogen-bond acceptors (Lipinski definition) is 1. The topological polar surface area (TPSA) is 31.3 Å². The number of aromatic nitrogens is 3. The van der Waals surface area contributed by atoms with Crippen molar-refractivity contribution in [2.45, 2.75) is 0 Å². The van der Waals surface area contributed by atoms with Crippen molar-refractivity contribution >= 4 is 81.6 Å². The zero-order chi connectivity index (χ0) is 38.8. The maximum atomic E-state index is 14.1. The van der Waals surface area contributed by atoms with Crippen LogP contribution < -0.4 is 5.56 Å². The molecule has 9 aromatic carbocycles. The molecule has 0 atom stereocenters. The molecule has 0 radical (unpaired) electrons. The molecule has 274 valence electrons. The van der Waals surface area contributed by atoms with Gasteiger partial charge in [0.25, 0.3) is 5.56 Å². The van der Waals surface area contributed by atoms with Crippen molar-refractivity contribution in [3.05, 3.63) is 211 Å². The minimum absolute atomic E-state index is 0.0220. The Bertz CT molecular complexity index is 3920. The molecule has 0 aliphatic rings. The second-order valence-electron chi connectivity index (χ2n) is 15.6. The molecule has 0 aliphatic heterocycles. The molecule has 13 rings (SSSR count). The molecule has 4 heteroatoms. The summed E-state index contributed by atoms with van der Waals surface area (Å²) < 4.78 is 6.69. The molecule has 0 saturated heterocycles. The molecule has 0 N–H and O–H groups in total. The second-order valence-corrected chi connectivity index (χ2v) is 15.6. The van der Waals surface area contributed by atoms with E-state index in [0.717, 1.165) is 71.5 Å². The predicted octanol–water partition coefficient (Wildman–Crippen LogP) is 13.7. The lowest BCUT2D eigenvalue weighted by atomic mass is 9.98. The van der Waals surface area contributed by atoms with Crippen molar-refractivity contribution < 1.29 is 0 Å². The molecule has 13 aromatic rings. The molecule has 0 fully saturated rings. The van der Waals surface area contributed by atoms with Gasteiger partial charge in [0.2, 0.25) is 0 Å². The van der Waals surface area contributed by atoms with Crippen LogP contribution in [-0.4, -0.2) is 13.5 Å². The molecule has 0 unspecified atom stereocenters. The fourth-order valence-corrected chi connectivity index (χ4v) is 10.1. The molecular weight excluding hydrogens is 719 g/mol. The second kappa shape index (κ2) is 12.0. The Morgan fingerprint density at radius 1 is 0.305 bits per heavy atom. The van der Waals surface area contributed by atoms with Crippen LogP contribution in [0.25, 0.3) is 115 Å².